The van der Waals surface area contributed by atoms with Crippen molar-refractivity contribution in [1.29, 1.82) is 0 Å². The second-order valence-corrected chi connectivity index (χ2v) is 1.14. The van der Waals surface area contributed by atoms with Gasteiger partial charge in [0.2, 0.25) is 0 Å². The minimum atomic E-state index is 0.316. The number of hydrogen-bond donors (Lipinski definition) is 0. The van der Waals surface area contributed by atoms with E-state index < -0.39 is 0 Å². The number of alkyl halides is 1. The molecule has 0 atom stereocenters. The molecule has 0 unspecified atom stereocenters. The molecule has 8 heavy (non-hydrogen) atoms. The first-order chi connectivity index (χ1) is 3.81. The summed E-state index contributed by atoms with van der Waals surface area (Å²) in [6.45, 7) is 9.99. The Bertz CT molecular complexity index is 82.5. The molecule has 0 amide bonds. The van der Waals surface area contributed by atoms with Crippen molar-refractivity contribution in [2.45, 2.75) is 0 Å². The van der Waals surface area contributed by atoms with Crippen molar-refractivity contribution in [2.24, 2.45) is 0 Å². The summed E-state index contributed by atoms with van der Waals surface area (Å²) < 4.78 is 0. The first-order valence-corrected chi connectivity index (χ1v) is 8.23. The Morgan fingerprint density at radius 2 is 2.12 bits per heavy atom. The monoisotopic (exact) mass is 335 g/mol. The molecule has 0 N–H and O–H groups in total. The van der Waals surface area contributed by atoms with Gasteiger partial charge in [-0.05, 0) is 0 Å². The SMILES string of the molecule is [CH-]=CC(=[CH-])CCl.[V]=[W]. The third-order valence-corrected chi connectivity index (χ3v) is 0.677. The second kappa shape index (κ2) is 10.9. The fourth-order valence-corrected chi connectivity index (χ4v) is 0.134. The first kappa shape index (κ1) is 11.8. The summed E-state index contributed by atoms with van der Waals surface area (Å²) in [5.41, 5.74) is 0.511. The van der Waals surface area contributed by atoms with Gasteiger partial charge in [0.05, 0.1) is 0 Å². The Kier molecular flexibility index (Phi) is 16.1. The predicted molar refractivity (Wildman–Crippen MR) is 27.4 cm³/mol. The summed E-state index contributed by atoms with van der Waals surface area (Å²) in [6, 6.07) is 0. The van der Waals surface area contributed by atoms with Crippen LogP contribution in [0, 0.1) is 13.2 Å². The molecule has 0 bridgehead atoms. The van der Waals surface area contributed by atoms with Gasteiger partial charge >= 0.3 is 30.9 Å². The molecule has 0 fully saturated rings. The number of allylic oxidation sites excluding steroid dienone is 2. The normalized spacial score (nSPS) is 6.00. The summed E-state index contributed by atoms with van der Waals surface area (Å²) in [5.74, 6) is 0.316. The Labute approximate surface area is 72.8 Å². The van der Waals surface area contributed by atoms with Crippen molar-refractivity contribution in [3.8, 4) is 0 Å². The quantitative estimate of drug-likeness (QED) is 0.408. The van der Waals surface area contributed by atoms with Crippen LogP contribution in [0.3, 0.4) is 0 Å². The molecule has 0 aromatic rings. The second-order valence-electron chi connectivity index (χ2n) is 0.875. The summed E-state index contributed by atoms with van der Waals surface area (Å²) in [4.78, 5) is 0. The van der Waals surface area contributed by atoms with Crippen molar-refractivity contribution in [3.05, 3.63) is 24.8 Å². The third kappa shape index (κ3) is 10.1. The van der Waals surface area contributed by atoms with E-state index in [0.29, 0.717) is 11.5 Å². The van der Waals surface area contributed by atoms with Crippen molar-refractivity contribution in [3.63, 3.8) is 0 Å². The van der Waals surface area contributed by atoms with E-state index in [0.717, 1.165) is 0 Å². The molecule has 0 aliphatic rings. The van der Waals surface area contributed by atoms with Crippen LogP contribution >= 0.6 is 11.6 Å². The molecule has 0 heterocycles. The molecule has 0 rings (SSSR count). The third-order valence-electron chi connectivity index (χ3n) is 0.368. The van der Waals surface area contributed by atoms with Gasteiger partial charge in [0, 0.05) is 0 Å². The standard InChI is InChI=1S/C5H5Cl.V.W/c1-3-5(2)4-6;;/h1-3H,4H2;;/q-2;;. The fourth-order valence-electron chi connectivity index (χ4n) is 0.0445. The van der Waals surface area contributed by atoms with E-state index in [4.69, 9.17) is 24.8 Å². The zero-order chi connectivity index (χ0) is 6.99. The number of rotatable bonds is 2. The van der Waals surface area contributed by atoms with Crippen LogP contribution in [0.15, 0.2) is 11.6 Å². The topological polar surface area (TPSA) is 0 Å². The van der Waals surface area contributed by atoms with Crippen molar-refractivity contribution in [2.75, 3.05) is 5.88 Å². The molecule has 45 valence electrons. The van der Waals surface area contributed by atoms with Gasteiger partial charge in [0.15, 0.2) is 0 Å². The van der Waals surface area contributed by atoms with Crippen LogP contribution in [-0.2, 0) is 30.9 Å². The van der Waals surface area contributed by atoms with Crippen molar-refractivity contribution in [1.82, 2.24) is 0 Å². The number of halogens is 1. The molecule has 0 aliphatic heterocycles. The Morgan fingerprint density at radius 3 is 2.12 bits per heavy atom. The van der Waals surface area contributed by atoms with E-state index in [1.807, 2.05) is 0 Å². The summed E-state index contributed by atoms with van der Waals surface area (Å²) >= 11 is 9.10. The van der Waals surface area contributed by atoms with Crippen molar-refractivity contribution >= 4 is 11.6 Å². The van der Waals surface area contributed by atoms with Gasteiger partial charge in [-0.1, -0.05) is 5.88 Å². The van der Waals surface area contributed by atoms with Gasteiger partial charge in [0.1, 0.15) is 0 Å². The molecular formula is C5H5ClVW-2. The minimum absolute atomic E-state index is 0.316. The van der Waals surface area contributed by atoms with E-state index in [2.05, 4.69) is 14.1 Å². The van der Waals surface area contributed by atoms with Crippen LogP contribution in [0.25, 0.3) is 0 Å². The Balaban J connectivity index is 0. The fraction of sp³-hybridized carbons (Fsp3) is 0.200. The maximum atomic E-state index is 5.18. The predicted octanol–water partition coefficient (Wildman–Crippen LogP) is 1.57. The Morgan fingerprint density at radius 1 is 1.75 bits per heavy atom. The zero-order valence-electron chi connectivity index (χ0n) is 4.17. The van der Waals surface area contributed by atoms with Crippen LogP contribution in [-0.4, -0.2) is 5.88 Å². The van der Waals surface area contributed by atoms with Gasteiger partial charge in [-0.15, -0.1) is 11.6 Å². The van der Waals surface area contributed by atoms with Gasteiger partial charge in [-0.25, -0.2) is 0 Å². The molecule has 0 nitrogen and oxygen atoms in total. The molecular weight excluding hydrogens is 330 g/mol. The van der Waals surface area contributed by atoms with Crippen LogP contribution in [0.1, 0.15) is 0 Å². The molecule has 0 aromatic carbocycles. The average molecular weight is 335 g/mol. The van der Waals surface area contributed by atoms with E-state index >= 15 is 0 Å². The average Bonchev–Trinajstić information content (AvgIpc) is 1.91. The number of hydrogen-bond acceptors (Lipinski definition) is 0. The molecule has 0 saturated heterocycles. The van der Waals surface area contributed by atoms with Crippen LogP contribution in [0.5, 0.6) is 0 Å². The van der Waals surface area contributed by atoms with Crippen molar-refractivity contribution < 1.29 is 30.9 Å². The Hall–Kier alpha value is 1.04. The molecule has 0 saturated carbocycles. The van der Waals surface area contributed by atoms with Gasteiger partial charge in [0.25, 0.3) is 0 Å². The van der Waals surface area contributed by atoms with Crippen LogP contribution in [0.4, 0.5) is 0 Å². The maximum absolute atomic E-state index is 5.18. The molecule has 0 aliphatic carbocycles. The molecule has 0 radical (unpaired) electrons. The molecule has 0 spiro atoms. The van der Waals surface area contributed by atoms with E-state index in [-0.39, 0.29) is 0 Å². The van der Waals surface area contributed by atoms with E-state index in [1.165, 1.54) is 22.9 Å². The van der Waals surface area contributed by atoms with Crippen LogP contribution < -0.4 is 0 Å². The molecule has 3 heteroatoms. The first-order valence-electron chi connectivity index (χ1n) is 1.71. The molecule has 0 aromatic heterocycles. The van der Waals surface area contributed by atoms with E-state index in [9.17, 15) is 0 Å². The van der Waals surface area contributed by atoms with Crippen LogP contribution in [0.2, 0.25) is 0 Å². The zero-order valence-corrected chi connectivity index (χ0v) is 9.26. The summed E-state index contributed by atoms with van der Waals surface area (Å²) in [6.07, 6.45) is 1.28. The van der Waals surface area contributed by atoms with Gasteiger partial charge < -0.3 is 24.8 Å². The van der Waals surface area contributed by atoms with Gasteiger partial charge in [-0.3, -0.25) is 0 Å². The van der Waals surface area contributed by atoms with Gasteiger partial charge in [-0.2, -0.15) is 0 Å². The summed E-state index contributed by atoms with van der Waals surface area (Å²) in [7, 11) is 0. The van der Waals surface area contributed by atoms with E-state index in [1.54, 1.807) is 0 Å². The summed E-state index contributed by atoms with van der Waals surface area (Å²) in [5, 5.41) is 0.